The predicted octanol–water partition coefficient (Wildman–Crippen LogP) is 8.66. The number of hydrogen-bond donors (Lipinski definition) is 1. The first-order valence-corrected chi connectivity index (χ1v) is 10.8. The second-order valence-electron chi connectivity index (χ2n) is 7.93. The van der Waals surface area contributed by atoms with E-state index in [1.54, 1.807) is 0 Å². The van der Waals surface area contributed by atoms with Gasteiger partial charge in [-0.3, -0.25) is 0 Å². The first-order chi connectivity index (χ1) is 15.8. The van der Waals surface area contributed by atoms with E-state index in [2.05, 4.69) is 102 Å². The lowest BCUT2D eigenvalue weighted by Crippen LogP contribution is -1.92. The molecule has 0 aliphatic rings. The quantitative estimate of drug-likeness (QED) is 0.314. The van der Waals surface area contributed by atoms with Crippen molar-refractivity contribution < 1.29 is 4.42 Å². The summed E-state index contributed by atoms with van der Waals surface area (Å²) in [7, 11) is 0. The molecular formula is C30H21NO. The van der Waals surface area contributed by atoms with Crippen molar-refractivity contribution >= 4 is 33.3 Å². The summed E-state index contributed by atoms with van der Waals surface area (Å²) in [6.45, 7) is 0. The van der Waals surface area contributed by atoms with E-state index in [0.29, 0.717) is 0 Å². The molecule has 0 unspecified atom stereocenters. The maximum Gasteiger partial charge on any atom is 0.158 e. The lowest BCUT2D eigenvalue weighted by Gasteiger charge is -2.11. The van der Waals surface area contributed by atoms with E-state index in [1.807, 2.05) is 24.3 Å². The number of furan rings is 1. The smallest absolute Gasteiger partial charge is 0.158 e. The minimum absolute atomic E-state index is 0.873. The van der Waals surface area contributed by atoms with Crippen LogP contribution in [0.4, 0.5) is 11.4 Å². The molecule has 2 heteroatoms. The SMILES string of the molecule is c1ccc(-c2ccc(Nc3cc(-c4ccccc4)cc4c3oc3ccccc34)cc2)cc1. The van der Waals surface area contributed by atoms with E-state index in [-0.39, 0.29) is 0 Å². The molecule has 0 aliphatic heterocycles. The first-order valence-electron chi connectivity index (χ1n) is 10.8. The van der Waals surface area contributed by atoms with Crippen LogP contribution in [0.1, 0.15) is 0 Å². The molecule has 0 aliphatic carbocycles. The third kappa shape index (κ3) is 3.32. The van der Waals surface area contributed by atoms with Gasteiger partial charge in [-0.25, -0.2) is 0 Å². The molecule has 0 saturated carbocycles. The van der Waals surface area contributed by atoms with Gasteiger partial charge < -0.3 is 9.73 Å². The number of hydrogen-bond acceptors (Lipinski definition) is 2. The largest absolute Gasteiger partial charge is 0.454 e. The molecule has 6 rings (SSSR count). The van der Waals surface area contributed by atoms with Crippen molar-refractivity contribution in [3.63, 3.8) is 0 Å². The van der Waals surface area contributed by atoms with Crippen molar-refractivity contribution in [2.75, 3.05) is 5.32 Å². The lowest BCUT2D eigenvalue weighted by atomic mass is 10.0. The summed E-state index contributed by atoms with van der Waals surface area (Å²) in [5.74, 6) is 0. The molecule has 1 N–H and O–H groups in total. The van der Waals surface area contributed by atoms with Crippen molar-refractivity contribution in [1.29, 1.82) is 0 Å². The molecule has 1 aromatic heterocycles. The number of benzene rings is 5. The molecule has 0 radical (unpaired) electrons. The Bertz CT molecular complexity index is 1510. The molecule has 152 valence electrons. The van der Waals surface area contributed by atoms with Gasteiger partial charge >= 0.3 is 0 Å². The second-order valence-corrected chi connectivity index (χ2v) is 7.93. The summed E-state index contributed by atoms with van der Waals surface area (Å²) in [6, 6.07) is 42.0. The van der Waals surface area contributed by atoms with Gasteiger partial charge in [-0.1, -0.05) is 91.0 Å². The molecule has 0 fully saturated rings. The molecule has 2 nitrogen and oxygen atoms in total. The fourth-order valence-electron chi connectivity index (χ4n) is 4.25. The summed E-state index contributed by atoms with van der Waals surface area (Å²) >= 11 is 0. The Kier molecular flexibility index (Phi) is 4.47. The highest BCUT2D eigenvalue weighted by Gasteiger charge is 2.14. The van der Waals surface area contributed by atoms with Gasteiger partial charge in [0.05, 0.1) is 5.69 Å². The van der Waals surface area contributed by atoms with Crippen LogP contribution in [0.25, 0.3) is 44.2 Å². The van der Waals surface area contributed by atoms with Crippen LogP contribution in [0.2, 0.25) is 0 Å². The van der Waals surface area contributed by atoms with Gasteiger partial charge in [-0.05, 0) is 52.6 Å². The maximum atomic E-state index is 6.28. The average molecular weight is 412 g/mol. The summed E-state index contributed by atoms with van der Waals surface area (Å²) < 4.78 is 6.28. The number of rotatable bonds is 4. The first kappa shape index (κ1) is 18.5. The van der Waals surface area contributed by atoms with Crippen LogP contribution in [0.3, 0.4) is 0 Å². The van der Waals surface area contributed by atoms with Crippen LogP contribution in [0.5, 0.6) is 0 Å². The molecule has 0 bridgehead atoms. The number of nitrogens with one attached hydrogen (secondary N) is 1. The molecule has 0 spiro atoms. The monoisotopic (exact) mass is 411 g/mol. The Morgan fingerprint density at radius 3 is 1.78 bits per heavy atom. The minimum Gasteiger partial charge on any atom is -0.454 e. The van der Waals surface area contributed by atoms with Crippen LogP contribution < -0.4 is 5.32 Å². The van der Waals surface area contributed by atoms with Crippen molar-refractivity contribution in [3.05, 3.63) is 121 Å². The van der Waals surface area contributed by atoms with Crippen LogP contribution in [0, 0.1) is 0 Å². The Labute approximate surface area is 186 Å². The van der Waals surface area contributed by atoms with Crippen LogP contribution >= 0.6 is 0 Å². The normalized spacial score (nSPS) is 11.1. The zero-order valence-corrected chi connectivity index (χ0v) is 17.5. The maximum absolute atomic E-state index is 6.28. The van der Waals surface area contributed by atoms with Gasteiger partial charge in [0.25, 0.3) is 0 Å². The highest BCUT2D eigenvalue weighted by atomic mass is 16.3. The van der Waals surface area contributed by atoms with E-state index < -0.39 is 0 Å². The molecular weight excluding hydrogens is 390 g/mol. The third-order valence-corrected chi connectivity index (χ3v) is 5.86. The standard InChI is InChI=1S/C30H21NO/c1-3-9-21(10-4-1)23-15-17-25(18-16-23)31-28-20-24(22-11-5-2-6-12-22)19-27-26-13-7-8-14-29(26)32-30(27)28/h1-20,31H. The molecule has 0 atom stereocenters. The van der Waals surface area contributed by atoms with E-state index in [1.165, 1.54) is 16.7 Å². The van der Waals surface area contributed by atoms with E-state index in [0.717, 1.165) is 38.9 Å². The van der Waals surface area contributed by atoms with Crippen molar-refractivity contribution in [2.45, 2.75) is 0 Å². The zero-order chi connectivity index (χ0) is 21.3. The highest BCUT2D eigenvalue weighted by Crippen LogP contribution is 2.38. The molecule has 32 heavy (non-hydrogen) atoms. The Morgan fingerprint density at radius 2 is 1.06 bits per heavy atom. The van der Waals surface area contributed by atoms with Gasteiger partial charge in [0.2, 0.25) is 0 Å². The lowest BCUT2D eigenvalue weighted by molar-refractivity contribution is 0.670. The van der Waals surface area contributed by atoms with E-state index >= 15 is 0 Å². The van der Waals surface area contributed by atoms with Crippen molar-refractivity contribution in [3.8, 4) is 22.3 Å². The predicted molar refractivity (Wildman–Crippen MR) is 134 cm³/mol. The fourth-order valence-corrected chi connectivity index (χ4v) is 4.25. The molecule has 1 heterocycles. The fraction of sp³-hybridized carbons (Fsp3) is 0. The van der Waals surface area contributed by atoms with E-state index in [4.69, 9.17) is 4.42 Å². The molecule has 0 amide bonds. The Hall–Kier alpha value is -4.30. The van der Waals surface area contributed by atoms with Gasteiger partial charge in [0, 0.05) is 16.5 Å². The second kappa shape index (κ2) is 7.75. The van der Waals surface area contributed by atoms with Crippen LogP contribution in [-0.2, 0) is 0 Å². The summed E-state index contributed by atoms with van der Waals surface area (Å²) in [6.07, 6.45) is 0. The Balaban J connectivity index is 1.46. The topological polar surface area (TPSA) is 25.2 Å². The van der Waals surface area contributed by atoms with Gasteiger partial charge in [0.15, 0.2) is 5.58 Å². The highest BCUT2D eigenvalue weighted by molar-refractivity contribution is 6.11. The van der Waals surface area contributed by atoms with E-state index in [9.17, 15) is 0 Å². The third-order valence-electron chi connectivity index (χ3n) is 5.86. The molecule has 5 aromatic carbocycles. The summed E-state index contributed by atoms with van der Waals surface area (Å²) in [5, 5.41) is 5.85. The average Bonchev–Trinajstić information content (AvgIpc) is 3.25. The van der Waals surface area contributed by atoms with Crippen molar-refractivity contribution in [1.82, 2.24) is 0 Å². The molecule has 6 aromatic rings. The number of fused-ring (bicyclic) bond motifs is 3. The van der Waals surface area contributed by atoms with Gasteiger partial charge in [0.1, 0.15) is 5.58 Å². The van der Waals surface area contributed by atoms with Gasteiger partial charge in [-0.2, -0.15) is 0 Å². The summed E-state index contributed by atoms with van der Waals surface area (Å²) in [4.78, 5) is 0. The Morgan fingerprint density at radius 1 is 0.469 bits per heavy atom. The molecule has 0 saturated heterocycles. The number of para-hydroxylation sites is 1. The van der Waals surface area contributed by atoms with Crippen molar-refractivity contribution in [2.24, 2.45) is 0 Å². The summed E-state index contributed by atoms with van der Waals surface area (Å²) in [5.41, 5.74) is 8.51. The number of anilines is 2. The van der Waals surface area contributed by atoms with Crippen LogP contribution in [0.15, 0.2) is 126 Å². The van der Waals surface area contributed by atoms with Crippen LogP contribution in [-0.4, -0.2) is 0 Å². The minimum atomic E-state index is 0.873. The van der Waals surface area contributed by atoms with Gasteiger partial charge in [-0.15, -0.1) is 0 Å². The zero-order valence-electron chi connectivity index (χ0n) is 17.5.